The van der Waals surface area contributed by atoms with Gasteiger partial charge in [0.05, 0.1) is 11.8 Å². The van der Waals surface area contributed by atoms with Gasteiger partial charge in [-0.05, 0) is 56.2 Å². The minimum absolute atomic E-state index is 0.0211. The Bertz CT molecular complexity index is 1190. The number of nitrogens with one attached hydrogen (secondary N) is 1. The molecule has 1 aliphatic rings. The minimum atomic E-state index is -0.362. The largest absolute Gasteiger partial charge is 0.328 e. The van der Waals surface area contributed by atoms with Gasteiger partial charge in [0.1, 0.15) is 5.82 Å². The molecule has 1 N–H and O–H groups in total. The van der Waals surface area contributed by atoms with Crippen LogP contribution in [-0.2, 0) is 11.3 Å². The molecule has 1 fully saturated rings. The molecule has 0 radical (unpaired) electrons. The summed E-state index contributed by atoms with van der Waals surface area (Å²) in [5, 5.41) is 12.0. The molecule has 1 aliphatic heterocycles. The molecule has 4 rings (SSSR count). The zero-order chi connectivity index (χ0) is 24.1. The summed E-state index contributed by atoms with van der Waals surface area (Å²) in [7, 11) is 0. The Balaban J connectivity index is 1.48. The predicted octanol–water partition coefficient (Wildman–Crippen LogP) is 4.62. The third-order valence-corrected chi connectivity index (χ3v) is 6.56. The molecule has 2 heterocycles. The lowest BCUT2D eigenvalue weighted by atomic mass is 10.1. The Morgan fingerprint density at radius 2 is 2.03 bits per heavy atom. The van der Waals surface area contributed by atoms with Gasteiger partial charge < -0.3 is 14.8 Å². The maximum Gasteiger partial charge on any atom is 0.254 e. The quantitative estimate of drug-likeness (QED) is 0.377. The number of benzene rings is 2. The van der Waals surface area contributed by atoms with E-state index in [9.17, 15) is 14.0 Å². The Morgan fingerprint density at radius 1 is 1.24 bits per heavy atom. The van der Waals surface area contributed by atoms with Crippen LogP contribution in [0.5, 0.6) is 0 Å². The molecule has 1 unspecified atom stereocenters. The standard InChI is InChI=1S/C25H26FN5O2S/c1-3-13-31-23(21-8-5-14-30(21)24(33)18-7-4-6-17(2)15-18)28-29-25(31)34-16-22(32)27-20-11-9-19(26)10-12-20/h3-4,6-7,9-12,15,21H,1,5,8,13-14,16H2,2H3,(H,27,32). The topological polar surface area (TPSA) is 80.1 Å². The lowest BCUT2D eigenvalue weighted by Gasteiger charge is -2.25. The second kappa shape index (κ2) is 10.6. The van der Waals surface area contributed by atoms with Gasteiger partial charge in [-0.25, -0.2) is 4.39 Å². The maximum atomic E-state index is 13.2. The number of hydrogen-bond acceptors (Lipinski definition) is 5. The number of allylic oxidation sites excluding steroid dienone is 1. The molecule has 1 saturated heterocycles. The second-order valence-electron chi connectivity index (χ2n) is 8.11. The zero-order valence-corrected chi connectivity index (χ0v) is 19.7. The zero-order valence-electron chi connectivity index (χ0n) is 18.9. The summed E-state index contributed by atoms with van der Waals surface area (Å²) in [5.74, 6) is 0.193. The highest BCUT2D eigenvalue weighted by molar-refractivity contribution is 7.99. The molecule has 3 aromatic rings. The van der Waals surface area contributed by atoms with E-state index in [0.29, 0.717) is 35.3 Å². The van der Waals surface area contributed by atoms with Crippen LogP contribution >= 0.6 is 11.8 Å². The molecule has 0 spiro atoms. The van der Waals surface area contributed by atoms with Crippen molar-refractivity contribution in [2.45, 2.75) is 37.5 Å². The number of rotatable bonds is 8. The average Bonchev–Trinajstić information content (AvgIpc) is 3.46. The number of amides is 2. The molecule has 2 amide bonds. The van der Waals surface area contributed by atoms with Crippen molar-refractivity contribution in [1.82, 2.24) is 19.7 Å². The van der Waals surface area contributed by atoms with E-state index in [4.69, 9.17) is 0 Å². The first kappa shape index (κ1) is 23.7. The van der Waals surface area contributed by atoms with Gasteiger partial charge in [-0.15, -0.1) is 16.8 Å². The molecule has 0 aliphatic carbocycles. The highest BCUT2D eigenvalue weighted by atomic mass is 32.2. The summed E-state index contributed by atoms with van der Waals surface area (Å²) >= 11 is 1.26. The Hall–Kier alpha value is -3.46. The smallest absolute Gasteiger partial charge is 0.254 e. The average molecular weight is 480 g/mol. The SMILES string of the molecule is C=CCn1c(SCC(=O)Nc2ccc(F)cc2)nnc1C1CCCN1C(=O)c1cccc(C)c1. The van der Waals surface area contributed by atoms with Crippen LogP contribution in [0.4, 0.5) is 10.1 Å². The normalized spacial score (nSPS) is 15.4. The molecule has 7 nitrogen and oxygen atoms in total. The van der Waals surface area contributed by atoms with Crippen LogP contribution in [-0.4, -0.2) is 43.8 Å². The highest BCUT2D eigenvalue weighted by Crippen LogP contribution is 2.34. The molecule has 0 saturated carbocycles. The van der Waals surface area contributed by atoms with Gasteiger partial charge in [-0.3, -0.25) is 9.59 Å². The summed E-state index contributed by atoms with van der Waals surface area (Å²) in [6.07, 6.45) is 3.42. The van der Waals surface area contributed by atoms with Crippen molar-refractivity contribution >= 4 is 29.3 Å². The first-order chi connectivity index (χ1) is 16.5. The summed E-state index contributed by atoms with van der Waals surface area (Å²) in [6, 6.07) is 13.0. The first-order valence-electron chi connectivity index (χ1n) is 11.1. The van der Waals surface area contributed by atoms with E-state index < -0.39 is 0 Å². The third kappa shape index (κ3) is 5.36. The third-order valence-electron chi connectivity index (χ3n) is 5.59. The van der Waals surface area contributed by atoms with Crippen LogP contribution in [0.25, 0.3) is 0 Å². The van der Waals surface area contributed by atoms with Crippen molar-refractivity contribution in [1.29, 1.82) is 0 Å². The number of hydrogen-bond donors (Lipinski definition) is 1. The van der Waals surface area contributed by atoms with Crippen LogP contribution in [0.1, 0.15) is 40.6 Å². The molecular weight excluding hydrogens is 453 g/mol. The number of halogens is 1. The summed E-state index contributed by atoms with van der Waals surface area (Å²) < 4.78 is 15.0. The Kier molecular flexibility index (Phi) is 7.42. The maximum absolute atomic E-state index is 13.2. The van der Waals surface area contributed by atoms with Crippen molar-refractivity contribution in [3.8, 4) is 0 Å². The fourth-order valence-electron chi connectivity index (χ4n) is 4.04. The molecule has 9 heteroatoms. The van der Waals surface area contributed by atoms with Gasteiger partial charge in [0, 0.05) is 24.3 Å². The number of anilines is 1. The van der Waals surface area contributed by atoms with Gasteiger partial charge in [-0.1, -0.05) is 35.5 Å². The van der Waals surface area contributed by atoms with Crippen LogP contribution in [0.15, 0.2) is 66.3 Å². The van der Waals surface area contributed by atoms with E-state index in [1.807, 2.05) is 40.7 Å². The number of carbonyl (C=O) groups is 2. The van der Waals surface area contributed by atoms with Crippen molar-refractivity contribution in [3.05, 3.63) is 84.0 Å². The molecule has 0 bridgehead atoms. The van der Waals surface area contributed by atoms with E-state index in [-0.39, 0.29) is 29.4 Å². The fourth-order valence-corrected chi connectivity index (χ4v) is 4.79. The van der Waals surface area contributed by atoms with Crippen molar-refractivity contribution < 1.29 is 14.0 Å². The van der Waals surface area contributed by atoms with Crippen molar-refractivity contribution in [2.24, 2.45) is 0 Å². The van der Waals surface area contributed by atoms with E-state index in [1.54, 1.807) is 6.08 Å². The lowest BCUT2D eigenvalue weighted by Crippen LogP contribution is -2.32. The van der Waals surface area contributed by atoms with Crippen molar-refractivity contribution in [2.75, 3.05) is 17.6 Å². The number of nitrogens with zero attached hydrogens (tertiary/aromatic N) is 4. The Labute approximate surface area is 202 Å². The number of thioether (sulfide) groups is 1. The molecule has 1 aromatic heterocycles. The van der Waals surface area contributed by atoms with Crippen molar-refractivity contribution in [3.63, 3.8) is 0 Å². The van der Waals surface area contributed by atoms with Gasteiger partial charge >= 0.3 is 0 Å². The minimum Gasteiger partial charge on any atom is -0.328 e. The highest BCUT2D eigenvalue weighted by Gasteiger charge is 2.34. The van der Waals surface area contributed by atoms with E-state index in [1.165, 1.54) is 36.0 Å². The molecular formula is C25H26FN5O2S. The molecule has 176 valence electrons. The predicted molar refractivity (Wildman–Crippen MR) is 130 cm³/mol. The van der Waals surface area contributed by atoms with Gasteiger partial charge in [0.2, 0.25) is 5.91 Å². The van der Waals surface area contributed by atoms with Gasteiger partial charge in [-0.2, -0.15) is 0 Å². The monoisotopic (exact) mass is 479 g/mol. The first-order valence-corrected chi connectivity index (χ1v) is 12.0. The van der Waals surface area contributed by atoms with Gasteiger partial charge in [0.25, 0.3) is 5.91 Å². The number of likely N-dealkylation sites (tertiary alicyclic amines) is 1. The van der Waals surface area contributed by atoms with Crippen LogP contribution in [0.3, 0.4) is 0 Å². The van der Waals surface area contributed by atoms with Crippen LogP contribution in [0.2, 0.25) is 0 Å². The van der Waals surface area contributed by atoms with E-state index in [2.05, 4.69) is 22.1 Å². The van der Waals surface area contributed by atoms with Crippen LogP contribution in [0, 0.1) is 12.7 Å². The summed E-state index contributed by atoms with van der Waals surface area (Å²) in [5.41, 5.74) is 2.22. The van der Waals surface area contributed by atoms with Crippen LogP contribution < -0.4 is 5.32 Å². The van der Waals surface area contributed by atoms with E-state index >= 15 is 0 Å². The van der Waals surface area contributed by atoms with E-state index in [0.717, 1.165) is 18.4 Å². The Morgan fingerprint density at radius 3 is 2.76 bits per heavy atom. The fraction of sp³-hybridized carbons (Fsp3) is 0.280. The summed E-state index contributed by atoms with van der Waals surface area (Å²) in [4.78, 5) is 27.5. The molecule has 34 heavy (non-hydrogen) atoms. The second-order valence-corrected chi connectivity index (χ2v) is 9.05. The molecule has 2 aromatic carbocycles. The molecule has 1 atom stereocenters. The number of aromatic nitrogens is 3. The lowest BCUT2D eigenvalue weighted by molar-refractivity contribution is -0.113. The summed E-state index contributed by atoms with van der Waals surface area (Å²) in [6.45, 7) is 6.92. The number of carbonyl (C=O) groups excluding carboxylic acids is 2. The van der Waals surface area contributed by atoms with Gasteiger partial charge in [0.15, 0.2) is 11.0 Å². The number of aryl methyl sites for hydroxylation is 1.